The summed E-state index contributed by atoms with van der Waals surface area (Å²) in [5.74, 6) is -0.0329. The van der Waals surface area contributed by atoms with E-state index in [0.717, 1.165) is 11.1 Å². The van der Waals surface area contributed by atoms with Gasteiger partial charge in [0.25, 0.3) is 5.91 Å². The third kappa shape index (κ3) is 3.28. The maximum atomic E-state index is 12.4. The van der Waals surface area contributed by atoms with Gasteiger partial charge in [-0.2, -0.15) is 0 Å². The van der Waals surface area contributed by atoms with Crippen LogP contribution in [0.3, 0.4) is 0 Å². The van der Waals surface area contributed by atoms with Crippen molar-refractivity contribution in [2.45, 2.75) is 20.3 Å². The lowest BCUT2D eigenvalue weighted by molar-refractivity contribution is 0.102. The molecule has 0 atom stereocenters. The molecule has 1 heterocycles. The van der Waals surface area contributed by atoms with Crippen LogP contribution in [0.1, 0.15) is 27.9 Å². The summed E-state index contributed by atoms with van der Waals surface area (Å²) in [4.78, 5) is 12.4. The molecular weight excluding hydrogens is 324 g/mol. The Balaban J connectivity index is 1.88. The molecule has 6 heteroatoms. The molecule has 1 fully saturated rings. The number of carbonyl (C=O) groups excluding carboxylic acids is 1. The molecule has 5 nitrogen and oxygen atoms in total. The largest absolute Gasteiger partial charge is 0.322 e. The van der Waals surface area contributed by atoms with Crippen LogP contribution >= 0.6 is 0 Å². The molecule has 1 N–H and O–H groups in total. The highest BCUT2D eigenvalue weighted by molar-refractivity contribution is 7.93. The summed E-state index contributed by atoms with van der Waals surface area (Å²) in [6.07, 6.45) is 0.626. The maximum absolute atomic E-state index is 12.4. The second-order valence-corrected chi connectivity index (χ2v) is 8.08. The normalized spacial score (nSPS) is 16.2. The zero-order valence-corrected chi connectivity index (χ0v) is 14.6. The second-order valence-electron chi connectivity index (χ2n) is 6.06. The van der Waals surface area contributed by atoms with E-state index < -0.39 is 10.0 Å². The Labute approximate surface area is 142 Å². The first-order valence-electron chi connectivity index (χ1n) is 7.86. The number of benzene rings is 2. The molecule has 0 spiro atoms. The monoisotopic (exact) mass is 344 g/mol. The van der Waals surface area contributed by atoms with Crippen LogP contribution in [-0.2, 0) is 10.0 Å². The Morgan fingerprint density at radius 2 is 1.92 bits per heavy atom. The highest BCUT2D eigenvalue weighted by Crippen LogP contribution is 2.28. The molecule has 2 aromatic carbocycles. The number of anilines is 2. The van der Waals surface area contributed by atoms with Gasteiger partial charge in [-0.1, -0.05) is 23.8 Å². The number of sulfonamides is 1. The first-order chi connectivity index (χ1) is 11.4. The third-order valence-corrected chi connectivity index (χ3v) is 6.01. The molecular formula is C18H20N2O3S. The van der Waals surface area contributed by atoms with Crippen LogP contribution in [0.2, 0.25) is 0 Å². The van der Waals surface area contributed by atoms with Crippen molar-refractivity contribution < 1.29 is 13.2 Å². The van der Waals surface area contributed by atoms with Crippen molar-refractivity contribution in [1.29, 1.82) is 0 Å². The Morgan fingerprint density at radius 3 is 2.58 bits per heavy atom. The lowest BCUT2D eigenvalue weighted by Crippen LogP contribution is -2.25. The zero-order chi connectivity index (χ0) is 17.3. The van der Waals surface area contributed by atoms with Gasteiger partial charge in [-0.05, 0) is 50.1 Å². The van der Waals surface area contributed by atoms with E-state index in [1.54, 1.807) is 18.2 Å². The summed E-state index contributed by atoms with van der Waals surface area (Å²) in [7, 11) is -3.24. The summed E-state index contributed by atoms with van der Waals surface area (Å²) in [6.45, 7) is 4.30. The van der Waals surface area contributed by atoms with E-state index in [2.05, 4.69) is 5.32 Å². The quantitative estimate of drug-likeness (QED) is 0.930. The molecule has 24 heavy (non-hydrogen) atoms. The third-order valence-electron chi connectivity index (χ3n) is 4.14. The van der Waals surface area contributed by atoms with E-state index in [1.165, 1.54) is 4.31 Å². The molecule has 1 aliphatic rings. The van der Waals surface area contributed by atoms with Crippen LogP contribution < -0.4 is 9.62 Å². The van der Waals surface area contributed by atoms with E-state index in [9.17, 15) is 13.2 Å². The summed E-state index contributed by atoms with van der Waals surface area (Å²) < 4.78 is 25.6. The Kier molecular flexibility index (Phi) is 4.32. The topological polar surface area (TPSA) is 66.5 Å². The Bertz CT molecular complexity index is 891. The number of hydrogen-bond acceptors (Lipinski definition) is 3. The van der Waals surface area contributed by atoms with Crippen LogP contribution in [0.25, 0.3) is 0 Å². The minimum atomic E-state index is -3.24. The first-order valence-corrected chi connectivity index (χ1v) is 9.47. The van der Waals surface area contributed by atoms with Crippen LogP contribution in [0.5, 0.6) is 0 Å². The number of aryl methyl sites for hydroxylation is 2. The second kappa shape index (κ2) is 6.28. The maximum Gasteiger partial charge on any atom is 0.255 e. The van der Waals surface area contributed by atoms with Gasteiger partial charge in [-0.25, -0.2) is 8.42 Å². The average molecular weight is 344 g/mol. The fourth-order valence-electron chi connectivity index (χ4n) is 2.81. The molecule has 0 radical (unpaired) electrons. The summed E-state index contributed by atoms with van der Waals surface area (Å²) >= 11 is 0. The molecule has 0 unspecified atom stereocenters. The van der Waals surface area contributed by atoms with E-state index >= 15 is 0 Å². The van der Waals surface area contributed by atoms with E-state index in [-0.39, 0.29) is 11.7 Å². The average Bonchev–Trinajstić information content (AvgIpc) is 2.89. The molecule has 3 rings (SSSR count). The minimum Gasteiger partial charge on any atom is -0.322 e. The molecule has 1 saturated heterocycles. The van der Waals surface area contributed by atoms with Crippen molar-refractivity contribution in [2.24, 2.45) is 0 Å². The molecule has 2 aromatic rings. The highest BCUT2D eigenvalue weighted by Gasteiger charge is 2.28. The van der Waals surface area contributed by atoms with Gasteiger partial charge < -0.3 is 5.32 Å². The number of nitrogens with one attached hydrogen (secondary N) is 1. The van der Waals surface area contributed by atoms with Crippen molar-refractivity contribution in [3.05, 3.63) is 59.2 Å². The number of nitrogens with zero attached hydrogens (tertiary/aromatic N) is 1. The summed E-state index contributed by atoms with van der Waals surface area (Å²) in [5.41, 5.74) is 3.69. The lowest BCUT2D eigenvalue weighted by atomic mass is 10.1. The predicted octanol–water partition coefficient (Wildman–Crippen LogP) is 3.10. The van der Waals surface area contributed by atoms with Crippen LogP contribution in [0, 0.1) is 13.8 Å². The van der Waals surface area contributed by atoms with Crippen LogP contribution in [-0.4, -0.2) is 26.6 Å². The van der Waals surface area contributed by atoms with Gasteiger partial charge in [0.2, 0.25) is 10.0 Å². The van der Waals surface area contributed by atoms with Crippen LogP contribution in [0.15, 0.2) is 42.5 Å². The van der Waals surface area contributed by atoms with Crippen molar-refractivity contribution >= 4 is 27.3 Å². The van der Waals surface area contributed by atoms with Gasteiger partial charge in [0.15, 0.2) is 0 Å². The summed E-state index contributed by atoms with van der Waals surface area (Å²) in [5, 5.41) is 2.88. The summed E-state index contributed by atoms with van der Waals surface area (Å²) in [6, 6.07) is 12.7. The Morgan fingerprint density at radius 1 is 1.12 bits per heavy atom. The number of carbonyl (C=O) groups is 1. The van der Waals surface area contributed by atoms with Crippen molar-refractivity contribution in [1.82, 2.24) is 0 Å². The lowest BCUT2D eigenvalue weighted by Gasteiger charge is -2.19. The molecule has 1 aliphatic heterocycles. The standard InChI is InChI=1S/C18H20N2O3S/c1-13-5-3-6-15(11-13)18(21)19-17-12-16(8-7-14(17)2)20-9-4-10-24(20,22)23/h3,5-8,11-12H,4,9-10H2,1-2H3,(H,19,21). The number of rotatable bonds is 3. The van der Waals surface area contributed by atoms with Crippen molar-refractivity contribution in [3.63, 3.8) is 0 Å². The number of amides is 1. The molecule has 0 bridgehead atoms. The van der Waals surface area contributed by atoms with Gasteiger partial charge in [-0.15, -0.1) is 0 Å². The zero-order valence-electron chi connectivity index (χ0n) is 13.7. The van der Waals surface area contributed by atoms with Gasteiger partial charge in [0.1, 0.15) is 0 Å². The van der Waals surface area contributed by atoms with E-state index in [0.29, 0.717) is 29.9 Å². The highest BCUT2D eigenvalue weighted by atomic mass is 32.2. The van der Waals surface area contributed by atoms with E-state index in [4.69, 9.17) is 0 Å². The molecule has 0 aliphatic carbocycles. The Hall–Kier alpha value is -2.34. The molecule has 0 saturated carbocycles. The smallest absolute Gasteiger partial charge is 0.255 e. The van der Waals surface area contributed by atoms with Crippen LogP contribution in [0.4, 0.5) is 11.4 Å². The van der Waals surface area contributed by atoms with Gasteiger partial charge in [0, 0.05) is 17.8 Å². The molecule has 126 valence electrons. The van der Waals surface area contributed by atoms with Gasteiger partial charge >= 0.3 is 0 Å². The first kappa shape index (κ1) is 16.5. The van der Waals surface area contributed by atoms with Gasteiger partial charge in [-0.3, -0.25) is 9.10 Å². The SMILES string of the molecule is Cc1cccc(C(=O)Nc2cc(N3CCCS3(=O)=O)ccc2C)c1. The fourth-order valence-corrected chi connectivity index (χ4v) is 4.37. The van der Waals surface area contributed by atoms with Crippen molar-refractivity contribution in [2.75, 3.05) is 21.9 Å². The molecule has 0 aromatic heterocycles. The van der Waals surface area contributed by atoms with Crippen molar-refractivity contribution in [3.8, 4) is 0 Å². The predicted molar refractivity (Wildman–Crippen MR) is 96.1 cm³/mol. The van der Waals surface area contributed by atoms with E-state index in [1.807, 2.05) is 38.1 Å². The van der Waals surface area contributed by atoms with Gasteiger partial charge in [0.05, 0.1) is 11.4 Å². The number of hydrogen-bond donors (Lipinski definition) is 1. The molecule has 1 amide bonds. The minimum absolute atomic E-state index is 0.172. The fraction of sp³-hybridized carbons (Fsp3) is 0.278.